The van der Waals surface area contributed by atoms with Gasteiger partial charge in [0.2, 0.25) is 0 Å². The summed E-state index contributed by atoms with van der Waals surface area (Å²) >= 11 is 0. The SMILES string of the molecule is c1cc2cc3oc(P(c4cc5cc6occc6cc5o4)c4cc5cc6occc6cc5o4)cc3cc2o1.c1ccc2c(P(c3coc4ccccc34)c3coc4ccccc34)coc2c1. The summed E-state index contributed by atoms with van der Waals surface area (Å²) in [7, 11) is -2.19. The first kappa shape index (κ1) is 36.5. The lowest BCUT2D eigenvalue weighted by Crippen LogP contribution is -2.19. The van der Waals surface area contributed by atoms with Gasteiger partial charge in [-0.05, 0) is 98.9 Å². The summed E-state index contributed by atoms with van der Waals surface area (Å²) in [6.07, 6.45) is 10.7. The van der Waals surface area contributed by atoms with Gasteiger partial charge in [-0.1, -0.05) is 54.6 Å². The van der Waals surface area contributed by atoms with Crippen LogP contribution in [0.3, 0.4) is 0 Å². The van der Waals surface area contributed by atoms with Crippen LogP contribution in [0.25, 0.3) is 98.7 Å². The molecular weight excluding hydrogens is 855 g/mol. The molecule has 15 rings (SSSR count). The zero-order valence-corrected chi connectivity index (χ0v) is 35.7. The lowest BCUT2D eigenvalue weighted by atomic mass is 10.2. The fourth-order valence-electron chi connectivity index (χ4n) is 8.90. The Labute approximate surface area is 368 Å². The Kier molecular flexibility index (Phi) is 8.02. The Bertz CT molecular complexity index is 3670. The Morgan fingerprint density at radius 1 is 0.262 bits per heavy atom. The molecule has 0 saturated heterocycles. The smallest absolute Gasteiger partial charge is 0.142 e. The molecule has 0 atom stereocenters. The molecule has 0 spiro atoms. The summed E-state index contributed by atoms with van der Waals surface area (Å²) in [5.74, 6) is 0. The summed E-state index contributed by atoms with van der Waals surface area (Å²) < 4.78 is 53.9. The average molecular weight is 885 g/mol. The van der Waals surface area contributed by atoms with Crippen molar-refractivity contribution in [3.63, 3.8) is 0 Å². The van der Waals surface area contributed by atoms with E-state index in [1.807, 2.05) is 110 Å². The minimum atomic E-state index is -1.28. The second kappa shape index (κ2) is 14.3. The molecule has 9 nitrogen and oxygen atoms in total. The maximum absolute atomic E-state index is 6.46. The van der Waals surface area contributed by atoms with Crippen molar-refractivity contribution < 1.29 is 39.8 Å². The lowest BCUT2D eigenvalue weighted by molar-refractivity contribution is 0.615. The molecular formula is C54H30O9P2. The summed E-state index contributed by atoms with van der Waals surface area (Å²) in [6, 6.07) is 48.5. The van der Waals surface area contributed by atoms with Crippen LogP contribution in [0.1, 0.15) is 0 Å². The van der Waals surface area contributed by atoms with Crippen molar-refractivity contribution in [2.24, 2.45) is 0 Å². The largest absolute Gasteiger partial charge is 0.464 e. The van der Waals surface area contributed by atoms with E-state index in [0.717, 1.165) is 115 Å². The molecule has 0 amide bonds. The molecule has 6 aromatic carbocycles. The van der Waals surface area contributed by atoms with Crippen molar-refractivity contribution in [1.82, 2.24) is 0 Å². The van der Waals surface area contributed by atoms with Crippen molar-refractivity contribution in [3.8, 4) is 0 Å². The van der Waals surface area contributed by atoms with Crippen molar-refractivity contribution in [2.45, 2.75) is 0 Å². The molecule has 0 bridgehead atoms. The topological polar surface area (TPSA) is 118 Å². The van der Waals surface area contributed by atoms with Crippen LogP contribution < -0.4 is 32.4 Å². The Hall–Kier alpha value is -7.96. The molecule has 0 saturated carbocycles. The zero-order chi connectivity index (χ0) is 42.6. The van der Waals surface area contributed by atoms with E-state index in [4.69, 9.17) is 39.8 Å². The van der Waals surface area contributed by atoms with E-state index in [1.54, 1.807) is 18.8 Å². The summed E-state index contributed by atoms with van der Waals surface area (Å²) in [5.41, 5.74) is 9.86. The molecule has 0 aliphatic rings. The molecule has 0 fully saturated rings. The predicted molar refractivity (Wildman–Crippen MR) is 258 cm³/mol. The third kappa shape index (κ3) is 5.94. The maximum atomic E-state index is 6.46. The van der Waals surface area contributed by atoms with E-state index in [2.05, 4.69) is 54.6 Å². The van der Waals surface area contributed by atoms with Gasteiger partial charge in [-0.2, -0.15) is 0 Å². The van der Waals surface area contributed by atoms with Gasteiger partial charge < -0.3 is 39.8 Å². The van der Waals surface area contributed by atoms with Crippen LogP contribution in [0.4, 0.5) is 0 Å². The number of furan rings is 9. The number of para-hydroxylation sites is 3. The molecule has 0 N–H and O–H groups in total. The van der Waals surface area contributed by atoms with Gasteiger partial charge >= 0.3 is 0 Å². The van der Waals surface area contributed by atoms with Crippen molar-refractivity contribution in [3.05, 3.63) is 183 Å². The molecule has 9 aromatic heterocycles. The van der Waals surface area contributed by atoms with Crippen LogP contribution in [0.5, 0.6) is 0 Å². The van der Waals surface area contributed by atoms with Crippen LogP contribution in [0, 0.1) is 0 Å². The van der Waals surface area contributed by atoms with Gasteiger partial charge in [-0.25, -0.2) is 0 Å². The van der Waals surface area contributed by atoms with Gasteiger partial charge in [0.1, 0.15) is 93.5 Å². The summed E-state index contributed by atoms with van der Waals surface area (Å²) in [6.45, 7) is 0. The number of hydrogen-bond donors (Lipinski definition) is 0. The van der Waals surface area contributed by atoms with E-state index in [-0.39, 0.29) is 0 Å². The van der Waals surface area contributed by atoms with Crippen molar-refractivity contribution >= 4 is 147 Å². The van der Waals surface area contributed by atoms with Gasteiger partial charge in [0.05, 0.1) is 18.8 Å². The molecule has 0 unspecified atom stereocenters. The number of hydrogen-bond acceptors (Lipinski definition) is 9. The van der Waals surface area contributed by atoms with E-state index in [9.17, 15) is 0 Å². The van der Waals surface area contributed by atoms with E-state index < -0.39 is 15.8 Å². The third-order valence-electron chi connectivity index (χ3n) is 12.0. The van der Waals surface area contributed by atoms with Crippen molar-refractivity contribution in [1.29, 1.82) is 0 Å². The molecule has 9 heterocycles. The van der Waals surface area contributed by atoms with Gasteiger partial charge in [-0.15, -0.1) is 0 Å². The standard InChI is InChI=1S/C30H15O6P.C24H15O3P/c1-4-31-22-10-19-13-28(34-25(19)7-16(1)22)37(29-14-20-11-23-17(2-5-32-23)8-26(20)35-29)30-15-21-12-24-18(3-6-33-24)9-27(21)36-30;1-4-10-19-16(7-1)22(13-25-19)28(23-14-26-20-11-5-2-8-17(20)23)24-15-27-21-12-6-3-9-18(21)24/h1-15H;1-15H. The van der Waals surface area contributed by atoms with Gasteiger partial charge in [0, 0.05) is 64.4 Å². The second-order valence-electron chi connectivity index (χ2n) is 15.8. The summed E-state index contributed by atoms with van der Waals surface area (Å²) in [4.78, 5) is 0. The first-order valence-corrected chi connectivity index (χ1v) is 23.5. The highest BCUT2D eigenvalue weighted by atomic mass is 31.1. The Morgan fingerprint density at radius 2 is 0.585 bits per heavy atom. The highest BCUT2D eigenvalue weighted by Gasteiger charge is 2.30. The predicted octanol–water partition coefficient (Wildman–Crippen LogP) is 13.6. The van der Waals surface area contributed by atoms with Crippen LogP contribution in [0.2, 0.25) is 0 Å². The number of fused-ring (bicyclic) bond motifs is 9. The van der Waals surface area contributed by atoms with Crippen molar-refractivity contribution in [2.75, 3.05) is 0 Å². The first-order chi connectivity index (χ1) is 32.1. The van der Waals surface area contributed by atoms with E-state index in [1.165, 1.54) is 15.9 Å². The number of benzene rings is 6. The lowest BCUT2D eigenvalue weighted by Gasteiger charge is -2.15. The molecule has 0 radical (unpaired) electrons. The maximum Gasteiger partial charge on any atom is 0.142 e. The van der Waals surface area contributed by atoms with Crippen LogP contribution in [0.15, 0.2) is 223 Å². The minimum Gasteiger partial charge on any atom is -0.464 e. The quantitative estimate of drug-likeness (QED) is 0.150. The normalized spacial score (nSPS) is 12.3. The monoisotopic (exact) mass is 884 g/mol. The molecule has 0 aliphatic carbocycles. The molecule has 15 aromatic rings. The highest BCUT2D eigenvalue weighted by Crippen LogP contribution is 2.43. The van der Waals surface area contributed by atoms with Gasteiger partial charge in [-0.3, -0.25) is 0 Å². The molecule has 11 heteroatoms. The summed E-state index contributed by atoms with van der Waals surface area (Å²) in [5, 5.41) is 12.8. The van der Waals surface area contributed by atoms with Gasteiger partial charge in [0.25, 0.3) is 0 Å². The zero-order valence-electron chi connectivity index (χ0n) is 33.9. The highest BCUT2D eigenvalue weighted by molar-refractivity contribution is 7.81. The van der Waals surface area contributed by atoms with Crippen LogP contribution >= 0.6 is 15.8 Å². The average Bonchev–Trinajstić information content (AvgIpc) is 4.19. The Morgan fingerprint density at radius 3 is 0.938 bits per heavy atom. The van der Waals surface area contributed by atoms with Crippen LogP contribution in [-0.4, -0.2) is 0 Å². The number of rotatable bonds is 6. The fourth-order valence-corrected chi connectivity index (χ4v) is 13.5. The third-order valence-corrected chi connectivity index (χ3v) is 16.5. The molecule has 65 heavy (non-hydrogen) atoms. The first-order valence-electron chi connectivity index (χ1n) is 20.9. The fraction of sp³-hybridized carbons (Fsp3) is 0. The van der Waals surface area contributed by atoms with Crippen LogP contribution in [-0.2, 0) is 0 Å². The van der Waals surface area contributed by atoms with E-state index >= 15 is 0 Å². The Balaban J connectivity index is 0.000000130. The minimum absolute atomic E-state index is 0.781. The molecule has 310 valence electrons. The second-order valence-corrected chi connectivity index (χ2v) is 19.9. The van der Waals surface area contributed by atoms with Gasteiger partial charge in [0.15, 0.2) is 0 Å². The van der Waals surface area contributed by atoms with E-state index in [0.29, 0.717) is 0 Å². The molecule has 0 aliphatic heterocycles.